The van der Waals surface area contributed by atoms with Crippen molar-refractivity contribution in [3.63, 3.8) is 0 Å². The summed E-state index contributed by atoms with van der Waals surface area (Å²) >= 11 is 0. The van der Waals surface area contributed by atoms with E-state index >= 15 is 0 Å². The number of hydrogen-bond donors (Lipinski definition) is 2. The molecule has 1 fully saturated rings. The van der Waals surface area contributed by atoms with Gasteiger partial charge in [0.2, 0.25) is 11.8 Å². The van der Waals surface area contributed by atoms with E-state index in [4.69, 9.17) is 9.84 Å². The third-order valence-corrected chi connectivity index (χ3v) is 3.84. The minimum Gasteiger partial charge on any atom is -0.493 e. The largest absolute Gasteiger partial charge is 0.493 e. The summed E-state index contributed by atoms with van der Waals surface area (Å²) < 4.78 is 5.65. The molecule has 0 atom stereocenters. The first kappa shape index (κ1) is 15.9. The first-order valence-electron chi connectivity index (χ1n) is 7.71. The lowest BCUT2D eigenvalue weighted by molar-refractivity contribution is 0.142. The van der Waals surface area contributed by atoms with Gasteiger partial charge in [-0.1, -0.05) is 29.8 Å². The molecule has 24 heavy (non-hydrogen) atoms. The lowest BCUT2D eigenvalue weighted by Crippen LogP contribution is -2.35. The van der Waals surface area contributed by atoms with Crippen LogP contribution in [0.15, 0.2) is 48.0 Å². The molecule has 1 saturated heterocycles. The van der Waals surface area contributed by atoms with E-state index in [-0.39, 0.29) is 5.88 Å². The highest BCUT2D eigenvalue weighted by atomic mass is 16.5. The lowest BCUT2D eigenvalue weighted by Gasteiger charge is -2.25. The summed E-state index contributed by atoms with van der Waals surface area (Å²) in [4.78, 5) is 16.3. The predicted molar refractivity (Wildman–Crippen MR) is 89.2 cm³/mol. The van der Waals surface area contributed by atoms with Crippen LogP contribution >= 0.6 is 0 Å². The Hall–Kier alpha value is -3.02. The van der Waals surface area contributed by atoms with Crippen LogP contribution in [0.2, 0.25) is 0 Å². The number of pyridine rings is 1. The number of carbonyl (C=O) groups is 1. The van der Waals surface area contributed by atoms with Crippen molar-refractivity contribution in [3.05, 3.63) is 53.6 Å². The van der Waals surface area contributed by atoms with Crippen molar-refractivity contribution in [3.8, 4) is 17.5 Å². The number of piperidine rings is 1. The quantitative estimate of drug-likeness (QED) is 0.898. The van der Waals surface area contributed by atoms with Gasteiger partial charge in [0.25, 0.3) is 0 Å². The van der Waals surface area contributed by atoms with Gasteiger partial charge in [0, 0.05) is 25.2 Å². The van der Waals surface area contributed by atoms with Gasteiger partial charge in [-0.15, -0.1) is 0 Å². The molecule has 0 radical (unpaired) electrons. The van der Waals surface area contributed by atoms with Crippen molar-refractivity contribution in [2.75, 3.05) is 13.1 Å². The number of hydrogen-bond acceptors (Lipinski definition) is 4. The summed E-state index contributed by atoms with van der Waals surface area (Å²) in [6.45, 7) is 1.06. The SMILES string of the molecule is O=C(O)N1CCC(=Cc2cccc(Oc3cccc(O)n3)c2)CC1. The van der Waals surface area contributed by atoms with Crippen molar-refractivity contribution in [1.82, 2.24) is 9.88 Å². The molecule has 0 aliphatic carbocycles. The number of nitrogens with zero attached hydrogens (tertiary/aromatic N) is 2. The van der Waals surface area contributed by atoms with Crippen LogP contribution in [0.1, 0.15) is 18.4 Å². The van der Waals surface area contributed by atoms with E-state index in [9.17, 15) is 9.90 Å². The molecular weight excluding hydrogens is 308 g/mol. The van der Waals surface area contributed by atoms with E-state index in [2.05, 4.69) is 11.1 Å². The summed E-state index contributed by atoms with van der Waals surface area (Å²) in [7, 11) is 0. The van der Waals surface area contributed by atoms with E-state index in [0.29, 0.717) is 24.7 Å². The van der Waals surface area contributed by atoms with Crippen molar-refractivity contribution < 1.29 is 19.7 Å². The standard InChI is InChI=1S/C18H18N2O4/c21-16-5-2-6-17(19-16)24-15-4-1-3-14(12-15)11-13-7-9-20(10-8-13)18(22)23/h1-6,11-12H,7-10H2,(H,19,21)(H,22,23). The van der Waals surface area contributed by atoms with Crippen molar-refractivity contribution >= 4 is 12.2 Å². The van der Waals surface area contributed by atoms with Crippen LogP contribution in [-0.4, -0.2) is 39.3 Å². The molecule has 1 aliphatic heterocycles. The Morgan fingerprint density at radius 1 is 1.17 bits per heavy atom. The monoisotopic (exact) mass is 326 g/mol. The maximum atomic E-state index is 10.9. The molecule has 1 aromatic heterocycles. The smallest absolute Gasteiger partial charge is 0.407 e. The zero-order valence-corrected chi connectivity index (χ0v) is 13.1. The fraction of sp³-hybridized carbons (Fsp3) is 0.222. The molecule has 1 aliphatic rings. The zero-order chi connectivity index (χ0) is 16.9. The summed E-state index contributed by atoms with van der Waals surface area (Å²) in [6, 6.07) is 12.4. The zero-order valence-electron chi connectivity index (χ0n) is 13.1. The van der Waals surface area contributed by atoms with Crippen LogP contribution in [0.25, 0.3) is 6.08 Å². The maximum absolute atomic E-state index is 10.9. The maximum Gasteiger partial charge on any atom is 0.407 e. The Kier molecular flexibility index (Phi) is 4.65. The molecule has 124 valence electrons. The second-order valence-electron chi connectivity index (χ2n) is 5.58. The second kappa shape index (κ2) is 7.04. The number of amides is 1. The molecule has 2 aromatic rings. The Balaban J connectivity index is 1.69. The van der Waals surface area contributed by atoms with Gasteiger partial charge in [0.15, 0.2) is 0 Å². The molecule has 1 aromatic carbocycles. The van der Waals surface area contributed by atoms with E-state index in [1.807, 2.05) is 24.3 Å². The van der Waals surface area contributed by atoms with Gasteiger partial charge in [0.1, 0.15) is 5.75 Å². The van der Waals surface area contributed by atoms with Crippen molar-refractivity contribution in [2.24, 2.45) is 0 Å². The number of likely N-dealkylation sites (tertiary alicyclic amines) is 1. The van der Waals surface area contributed by atoms with Gasteiger partial charge in [0.05, 0.1) is 0 Å². The number of carboxylic acid groups (broad SMARTS) is 1. The topological polar surface area (TPSA) is 82.9 Å². The highest BCUT2D eigenvalue weighted by Gasteiger charge is 2.17. The average molecular weight is 326 g/mol. The number of aromatic nitrogens is 1. The van der Waals surface area contributed by atoms with Crippen molar-refractivity contribution in [1.29, 1.82) is 0 Å². The van der Waals surface area contributed by atoms with Gasteiger partial charge in [-0.3, -0.25) is 0 Å². The Labute approximate surface area is 139 Å². The highest BCUT2D eigenvalue weighted by molar-refractivity contribution is 5.65. The highest BCUT2D eigenvalue weighted by Crippen LogP contribution is 2.25. The molecule has 2 N–H and O–H groups in total. The molecule has 3 rings (SSSR count). The fourth-order valence-corrected chi connectivity index (χ4v) is 2.61. The fourth-order valence-electron chi connectivity index (χ4n) is 2.61. The molecule has 0 saturated carbocycles. The van der Waals surface area contributed by atoms with E-state index in [1.165, 1.54) is 16.5 Å². The average Bonchev–Trinajstić information content (AvgIpc) is 2.56. The second-order valence-corrected chi connectivity index (χ2v) is 5.58. The number of benzene rings is 1. The molecule has 0 bridgehead atoms. The first-order chi connectivity index (χ1) is 11.6. The minimum atomic E-state index is -0.858. The van der Waals surface area contributed by atoms with E-state index in [0.717, 1.165) is 18.4 Å². The molecule has 6 heteroatoms. The Morgan fingerprint density at radius 2 is 1.92 bits per heavy atom. The number of ether oxygens (including phenoxy) is 1. The lowest BCUT2D eigenvalue weighted by atomic mass is 10.0. The molecule has 6 nitrogen and oxygen atoms in total. The summed E-state index contributed by atoms with van der Waals surface area (Å²) in [6.07, 6.45) is 2.70. The van der Waals surface area contributed by atoms with Gasteiger partial charge in [-0.05, 0) is 30.5 Å². The predicted octanol–water partition coefficient (Wildman–Crippen LogP) is 3.74. The van der Waals surface area contributed by atoms with Crippen molar-refractivity contribution in [2.45, 2.75) is 12.8 Å². The van der Waals surface area contributed by atoms with Crippen LogP contribution in [0.3, 0.4) is 0 Å². The van der Waals surface area contributed by atoms with Gasteiger partial charge >= 0.3 is 6.09 Å². The third kappa shape index (κ3) is 4.04. The molecular formula is C18H18N2O4. The Morgan fingerprint density at radius 3 is 2.62 bits per heavy atom. The van der Waals surface area contributed by atoms with Gasteiger partial charge < -0.3 is 19.8 Å². The molecule has 1 amide bonds. The molecule has 0 spiro atoms. The third-order valence-electron chi connectivity index (χ3n) is 3.84. The van der Waals surface area contributed by atoms with Gasteiger partial charge in [-0.25, -0.2) is 4.79 Å². The Bertz CT molecular complexity index is 763. The minimum absolute atomic E-state index is 0.0871. The van der Waals surface area contributed by atoms with E-state index < -0.39 is 6.09 Å². The van der Waals surface area contributed by atoms with Gasteiger partial charge in [-0.2, -0.15) is 4.98 Å². The van der Waals surface area contributed by atoms with E-state index in [1.54, 1.807) is 12.1 Å². The number of aromatic hydroxyl groups is 1. The van der Waals surface area contributed by atoms with Crippen LogP contribution in [-0.2, 0) is 0 Å². The summed E-state index contributed by atoms with van der Waals surface area (Å²) in [5, 5.41) is 18.4. The summed E-state index contributed by atoms with van der Waals surface area (Å²) in [5.74, 6) is 0.871. The van der Waals surface area contributed by atoms with Crippen LogP contribution in [0, 0.1) is 0 Å². The molecule has 2 heterocycles. The summed E-state index contributed by atoms with van der Waals surface area (Å²) in [5.41, 5.74) is 2.21. The number of rotatable bonds is 3. The molecule has 0 unspecified atom stereocenters. The van der Waals surface area contributed by atoms with Crippen LogP contribution in [0.4, 0.5) is 4.79 Å². The normalized spacial score (nSPS) is 14.3. The first-order valence-corrected chi connectivity index (χ1v) is 7.71. The van der Waals surface area contributed by atoms with Crippen LogP contribution in [0.5, 0.6) is 17.5 Å². The van der Waals surface area contributed by atoms with Crippen LogP contribution < -0.4 is 4.74 Å².